The van der Waals surface area contributed by atoms with Crippen LogP contribution in [0.5, 0.6) is 11.5 Å². The van der Waals surface area contributed by atoms with Crippen LogP contribution in [0.1, 0.15) is 19.4 Å². The molecule has 1 aliphatic rings. The van der Waals surface area contributed by atoms with Gasteiger partial charge in [-0.1, -0.05) is 0 Å². The van der Waals surface area contributed by atoms with Gasteiger partial charge in [-0.05, 0) is 47.5 Å². The molecule has 1 aliphatic heterocycles. The minimum absolute atomic E-state index is 0.550. The fraction of sp³-hybridized carbons (Fsp3) is 0.455. The Balaban J connectivity index is 2.50. The predicted molar refractivity (Wildman–Crippen MR) is 60.4 cm³/mol. The van der Waals surface area contributed by atoms with E-state index in [1.807, 2.05) is 12.1 Å². The van der Waals surface area contributed by atoms with Gasteiger partial charge in [0, 0.05) is 0 Å². The molecule has 0 amide bonds. The average Bonchev–Trinajstić information content (AvgIpc) is 2.16. The molecule has 1 aromatic carbocycles. The molecule has 4 heteroatoms. The van der Waals surface area contributed by atoms with Gasteiger partial charge in [0.1, 0.15) is 13.2 Å². The van der Waals surface area contributed by atoms with Crippen LogP contribution in [0.2, 0.25) is 0 Å². The topological polar surface area (TPSA) is 38.7 Å². The molecule has 15 heavy (non-hydrogen) atoms. The molecule has 1 aromatic rings. The Labute approximate surface area is 97.1 Å². The maximum atomic E-state index is 9.90. The molecule has 0 aliphatic carbocycles. The van der Waals surface area contributed by atoms with E-state index in [1.165, 1.54) is 0 Å². The summed E-state index contributed by atoms with van der Waals surface area (Å²) < 4.78 is 11.8. The van der Waals surface area contributed by atoms with Gasteiger partial charge in [0.25, 0.3) is 0 Å². The van der Waals surface area contributed by atoms with Crippen LogP contribution < -0.4 is 9.47 Å². The first kappa shape index (κ1) is 10.8. The Morgan fingerprint density at radius 2 is 1.93 bits per heavy atom. The van der Waals surface area contributed by atoms with Gasteiger partial charge in [-0.15, -0.1) is 0 Å². The normalized spacial score (nSPS) is 15.2. The van der Waals surface area contributed by atoms with Crippen molar-refractivity contribution in [1.29, 1.82) is 0 Å². The first-order chi connectivity index (χ1) is 6.98. The molecule has 0 radical (unpaired) electrons. The summed E-state index contributed by atoms with van der Waals surface area (Å²) in [4.78, 5) is 0. The highest BCUT2D eigenvalue weighted by molar-refractivity contribution is 9.10. The van der Waals surface area contributed by atoms with Crippen molar-refractivity contribution >= 4 is 15.9 Å². The van der Waals surface area contributed by atoms with Crippen LogP contribution in [-0.4, -0.2) is 18.3 Å². The summed E-state index contributed by atoms with van der Waals surface area (Å²) in [5.41, 5.74) is -0.0723. The number of hydrogen-bond acceptors (Lipinski definition) is 3. The summed E-state index contributed by atoms with van der Waals surface area (Å²) in [7, 11) is 0. The van der Waals surface area contributed by atoms with E-state index < -0.39 is 5.60 Å². The van der Waals surface area contributed by atoms with Crippen LogP contribution in [0.4, 0.5) is 0 Å². The number of rotatable bonds is 1. The molecule has 0 saturated heterocycles. The molecule has 0 unspecified atom stereocenters. The summed E-state index contributed by atoms with van der Waals surface area (Å²) in [5, 5.41) is 9.90. The SMILES string of the molecule is CC(C)(O)c1cc(Br)c2c(c1)OCCO2. The second-order valence-electron chi connectivity index (χ2n) is 4.04. The number of halogens is 1. The molecular formula is C11H13BrO3. The number of fused-ring (bicyclic) bond motifs is 1. The molecule has 3 nitrogen and oxygen atoms in total. The third-order valence-corrected chi connectivity index (χ3v) is 2.89. The molecule has 2 rings (SSSR count). The summed E-state index contributed by atoms with van der Waals surface area (Å²) in [6, 6.07) is 3.67. The van der Waals surface area contributed by atoms with Gasteiger partial charge in [0.15, 0.2) is 11.5 Å². The lowest BCUT2D eigenvalue weighted by Crippen LogP contribution is -2.19. The minimum atomic E-state index is -0.877. The van der Waals surface area contributed by atoms with E-state index in [9.17, 15) is 5.11 Å². The van der Waals surface area contributed by atoms with Crippen molar-refractivity contribution in [2.75, 3.05) is 13.2 Å². The standard InChI is InChI=1S/C11H13BrO3/c1-11(2,13)7-5-8(12)10-9(6-7)14-3-4-15-10/h5-6,13H,3-4H2,1-2H3. The van der Waals surface area contributed by atoms with Gasteiger partial charge < -0.3 is 14.6 Å². The monoisotopic (exact) mass is 272 g/mol. The minimum Gasteiger partial charge on any atom is -0.486 e. The molecule has 1 N–H and O–H groups in total. The van der Waals surface area contributed by atoms with Crippen LogP contribution in [0.25, 0.3) is 0 Å². The Morgan fingerprint density at radius 3 is 2.60 bits per heavy atom. The molecule has 0 bridgehead atoms. The lowest BCUT2D eigenvalue weighted by atomic mass is 9.98. The molecule has 1 heterocycles. The second-order valence-corrected chi connectivity index (χ2v) is 4.90. The van der Waals surface area contributed by atoms with Crippen molar-refractivity contribution in [3.8, 4) is 11.5 Å². The third-order valence-electron chi connectivity index (χ3n) is 2.30. The average molecular weight is 273 g/mol. The van der Waals surface area contributed by atoms with Crippen LogP contribution in [-0.2, 0) is 5.60 Å². The summed E-state index contributed by atoms with van der Waals surface area (Å²) >= 11 is 3.41. The molecular weight excluding hydrogens is 260 g/mol. The van der Waals surface area contributed by atoms with E-state index in [0.717, 1.165) is 10.0 Å². The number of benzene rings is 1. The zero-order valence-electron chi connectivity index (χ0n) is 8.71. The van der Waals surface area contributed by atoms with E-state index in [2.05, 4.69) is 15.9 Å². The zero-order valence-corrected chi connectivity index (χ0v) is 10.3. The lowest BCUT2D eigenvalue weighted by Gasteiger charge is -2.24. The van der Waals surface area contributed by atoms with Gasteiger partial charge >= 0.3 is 0 Å². The molecule has 0 fully saturated rings. The van der Waals surface area contributed by atoms with E-state index in [4.69, 9.17) is 9.47 Å². The molecule has 0 saturated carbocycles. The summed E-state index contributed by atoms with van der Waals surface area (Å²) in [5.74, 6) is 1.40. The van der Waals surface area contributed by atoms with Crippen molar-refractivity contribution in [2.45, 2.75) is 19.4 Å². The molecule has 82 valence electrons. The summed E-state index contributed by atoms with van der Waals surface area (Å²) in [6.07, 6.45) is 0. The van der Waals surface area contributed by atoms with Crippen molar-refractivity contribution in [1.82, 2.24) is 0 Å². The molecule has 0 atom stereocenters. The van der Waals surface area contributed by atoms with Gasteiger partial charge in [0.05, 0.1) is 10.1 Å². The van der Waals surface area contributed by atoms with Gasteiger partial charge in [-0.25, -0.2) is 0 Å². The van der Waals surface area contributed by atoms with Crippen molar-refractivity contribution in [3.63, 3.8) is 0 Å². The Hall–Kier alpha value is -0.740. The fourth-order valence-corrected chi connectivity index (χ4v) is 2.02. The molecule has 0 spiro atoms. The predicted octanol–water partition coefficient (Wildman–Crippen LogP) is 2.45. The van der Waals surface area contributed by atoms with E-state index in [-0.39, 0.29) is 0 Å². The fourth-order valence-electron chi connectivity index (χ4n) is 1.46. The van der Waals surface area contributed by atoms with Gasteiger partial charge in [-0.2, -0.15) is 0 Å². The third kappa shape index (κ3) is 2.11. The van der Waals surface area contributed by atoms with Gasteiger partial charge in [0.2, 0.25) is 0 Å². The first-order valence-electron chi connectivity index (χ1n) is 4.80. The summed E-state index contributed by atoms with van der Waals surface area (Å²) in [6.45, 7) is 4.60. The largest absolute Gasteiger partial charge is 0.486 e. The first-order valence-corrected chi connectivity index (χ1v) is 5.60. The highest BCUT2D eigenvalue weighted by atomic mass is 79.9. The number of hydrogen-bond donors (Lipinski definition) is 1. The Kier molecular flexibility index (Phi) is 2.64. The van der Waals surface area contributed by atoms with Crippen LogP contribution >= 0.6 is 15.9 Å². The smallest absolute Gasteiger partial charge is 0.175 e. The van der Waals surface area contributed by atoms with Gasteiger partial charge in [-0.3, -0.25) is 0 Å². The van der Waals surface area contributed by atoms with E-state index in [0.29, 0.717) is 24.7 Å². The van der Waals surface area contributed by atoms with Crippen molar-refractivity contribution in [3.05, 3.63) is 22.2 Å². The highest BCUT2D eigenvalue weighted by Crippen LogP contribution is 2.40. The quantitative estimate of drug-likeness (QED) is 0.854. The number of ether oxygens (including phenoxy) is 2. The lowest BCUT2D eigenvalue weighted by molar-refractivity contribution is 0.0775. The maximum absolute atomic E-state index is 9.90. The Morgan fingerprint density at radius 1 is 1.27 bits per heavy atom. The Bertz CT molecular complexity index is 382. The van der Waals surface area contributed by atoms with E-state index in [1.54, 1.807) is 13.8 Å². The van der Waals surface area contributed by atoms with E-state index >= 15 is 0 Å². The van der Waals surface area contributed by atoms with Crippen LogP contribution in [0, 0.1) is 0 Å². The highest BCUT2D eigenvalue weighted by Gasteiger charge is 2.22. The number of aliphatic hydroxyl groups is 1. The zero-order chi connectivity index (χ0) is 11.1. The van der Waals surface area contributed by atoms with Crippen LogP contribution in [0.3, 0.4) is 0 Å². The van der Waals surface area contributed by atoms with Crippen LogP contribution in [0.15, 0.2) is 16.6 Å². The van der Waals surface area contributed by atoms with Crippen molar-refractivity contribution in [2.24, 2.45) is 0 Å². The molecule has 0 aromatic heterocycles. The second kappa shape index (κ2) is 3.68. The maximum Gasteiger partial charge on any atom is 0.175 e. The van der Waals surface area contributed by atoms with Crippen molar-refractivity contribution < 1.29 is 14.6 Å².